The van der Waals surface area contributed by atoms with Crippen molar-refractivity contribution in [3.63, 3.8) is 0 Å². The van der Waals surface area contributed by atoms with Crippen LogP contribution in [0, 0.1) is 5.92 Å². The quantitative estimate of drug-likeness (QED) is 0.333. The molecule has 2 heterocycles. The van der Waals surface area contributed by atoms with E-state index < -0.39 is 20.8 Å². The number of likely N-dealkylation sites (tertiary alicyclic amines) is 1. The summed E-state index contributed by atoms with van der Waals surface area (Å²) in [6.45, 7) is 11.0. The number of esters is 1. The number of amides is 1. The molecule has 2 aliphatic heterocycles. The Morgan fingerprint density at radius 1 is 1.15 bits per heavy atom. The summed E-state index contributed by atoms with van der Waals surface area (Å²) >= 11 is 0. The van der Waals surface area contributed by atoms with E-state index in [1.165, 1.54) is 7.11 Å². The van der Waals surface area contributed by atoms with Gasteiger partial charge in [0.1, 0.15) is 12.2 Å². The van der Waals surface area contributed by atoms with E-state index in [9.17, 15) is 9.59 Å². The summed E-state index contributed by atoms with van der Waals surface area (Å²) in [5, 5.41) is 0. The van der Waals surface area contributed by atoms with E-state index in [0.29, 0.717) is 12.2 Å². The van der Waals surface area contributed by atoms with Gasteiger partial charge in [0.05, 0.1) is 24.9 Å². The zero-order valence-corrected chi connectivity index (χ0v) is 22.2. The van der Waals surface area contributed by atoms with Crippen molar-refractivity contribution in [1.82, 2.24) is 4.90 Å². The number of hydrogen-bond donors (Lipinski definition) is 0. The zero-order chi connectivity index (χ0) is 25.1. The molecule has 3 rings (SSSR count). The SMILES string of the molecule is CC.COP(OCCC1CCCN1C(C)=O)OC[C@H]1O[C@@H](C)[C@H](C)[C@@H]1OC(=O)c1ccccc1. The number of carbonyl (C=O) groups excluding carboxylic acids is 2. The third-order valence-corrected chi connectivity index (χ3v) is 7.24. The summed E-state index contributed by atoms with van der Waals surface area (Å²) in [6.07, 6.45) is 1.88. The van der Waals surface area contributed by atoms with Crippen LogP contribution in [-0.4, -0.2) is 68.0 Å². The maximum atomic E-state index is 12.5. The average Bonchev–Trinajstić information content (AvgIpc) is 3.43. The minimum Gasteiger partial charge on any atom is -0.456 e. The summed E-state index contributed by atoms with van der Waals surface area (Å²) in [6, 6.07) is 9.13. The Labute approximate surface area is 205 Å². The Hall–Kier alpha value is -1.57. The molecule has 1 aromatic carbocycles. The van der Waals surface area contributed by atoms with Crippen molar-refractivity contribution in [2.24, 2.45) is 5.92 Å². The highest BCUT2D eigenvalue weighted by atomic mass is 31.2. The Kier molecular flexibility index (Phi) is 12.4. The van der Waals surface area contributed by atoms with Crippen LogP contribution >= 0.6 is 8.60 Å². The summed E-state index contributed by atoms with van der Waals surface area (Å²) in [4.78, 5) is 26.1. The van der Waals surface area contributed by atoms with Gasteiger partial charge in [-0.1, -0.05) is 39.0 Å². The smallest absolute Gasteiger partial charge is 0.338 e. The van der Waals surface area contributed by atoms with Gasteiger partial charge in [-0.05, 0) is 38.3 Å². The minimum atomic E-state index is -1.56. The fourth-order valence-electron chi connectivity index (χ4n) is 4.26. The first-order valence-electron chi connectivity index (χ1n) is 12.2. The van der Waals surface area contributed by atoms with E-state index in [4.69, 9.17) is 23.0 Å². The predicted molar refractivity (Wildman–Crippen MR) is 131 cm³/mol. The second-order valence-electron chi connectivity index (χ2n) is 8.31. The molecule has 0 aliphatic carbocycles. The van der Waals surface area contributed by atoms with E-state index in [-0.39, 0.29) is 36.5 Å². The number of hydrogen-bond acceptors (Lipinski definition) is 7. The lowest BCUT2D eigenvalue weighted by molar-refractivity contribution is -0.129. The van der Waals surface area contributed by atoms with Gasteiger partial charge in [-0.25, -0.2) is 4.79 Å². The van der Waals surface area contributed by atoms with Gasteiger partial charge in [0.15, 0.2) is 0 Å². The van der Waals surface area contributed by atoms with Crippen LogP contribution in [0.2, 0.25) is 0 Å². The second-order valence-corrected chi connectivity index (χ2v) is 9.64. The first-order chi connectivity index (χ1) is 16.4. The molecule has 1 aromatic rings. The molecule has 6 atom stereocenters. The summed E-state index contributed by atoms with van der Waals surface area (Å²) in [5.74, 6) is -0.233. The maximum Gasteiger partial charge on any atom is 0.338 e. The van der Waals surface area contributed by atoms with Crippen molar-refractivity contribution in [1.29, 1.82) is 0 Å². The molecule has 0 spiro atoms. The predicted octanol–water partition coefficient (Wildman–Crippen LogP) is 4.97. The van der Waals surface area contributed by atoms with Crippen molar-refractivity contribution in [2.75, 3.05) is 26.9 Å². The van der Waals surface area contributed by atoms with Gasteiger partial charge in [0, 0.05) is 32.5 Å². The Balaban J connectivity index is 0.00000199. The maximum absolute atomic E-state index is 12.5. The van der Waals surface area contributed by atoms with E-state index in [1.54, 1.807) is 31.2 Å². The van der Waals surface area contributed by atoms with Crippen molar-refractivity contribution < 1.29 is 32.6 Å². The van der Waals surface area contributed by atoms with Crippen LogP contribution in [0.3, 0.4) is 0 Å². The summed E-state index contributed by atoms with van der Waals surface area (Å²) < 4.78 is 28.8. The van der Waals surface area contributed by atoms with Gasteiger partial charge < -0.3 is 27.9 Å². The highest BCUT2D eigenvalue weighted by molar-refractivity contribution is 7.41. The van der Waals surface area contributed by atoms with Crippen LogP contribution in [0.1, 0.15) is 64.2 Å². The second kappa shape index (κ2) is 14.7. The van der Waals surface area contributed by atoms with Crippen LogP contribution in [-0.2, 0) is 27.8 Å². The molecule has 9 heteroatoms. The number of ether oxygens (including phenoxy) is 2. The van der Waals surface area contributed by atoms with Crippen LogP contribution in [0.4, 0.5) is 0 Å². The molecular weight excluding hydrogens is 457 g/mol. The van der Waals surface area contributed by atoms with Gasteiger partial charge >= 0.3 is 14.6 Å². The molecule has 8 nitrogen and oxygen atoms in total. The van der Waals surface area contributed by atoms with E-state index in [1.807, 2.05) is 38.7 Å². The molecule has 2 saturated heterocycles. The highest BCUT2D eigenvalue weighted by Gasteiger charge is 2.43. The summed E-state index contributed by atoms with van der Waals surface area (Å²) in [7, 11) is -0.0217. The lowest BCUT2D eigenvalue weighted by Crippen LogP contribution is -2.34. The molecule has 2 unspecified atom stereocenters. The van der Waals surface area contributed by atoms with Gasteiger partial charge in [0.2, 0.25) is 5.91 Å². The highest BCUT2D eigenvalue weighted by Crippen LogP contribution is 2.41. The molecular formula is C25H40NO7P. The molecule has 0 radical (unpaired) electrons. The average molecular weight is 498 g/mol. The molecule has 34 heavy (non-hydrogen) atoms. The standard InChI is InChI=1S/C23H34NO7P.C2H6/c1-16-17(2)30-21(22(16)31-23(26)19-9-6-5-7-10-19)15-29-32(27-4)28-14-12-20-11-8-13-24(20)18(3)25;1-2/h5-7,9-10,16-17,20-22H,8,11-15H2,1-4H3;1-2H3/t16-,17-,20?,21+,22-,32?;/m0./s1. The normalized spacial score (nSPS) is 27.1. The van der Waals surface area contributed by atoms with E-state index >= 15 is 0 Å². The summed E-state index contributed by atoms with van der Waals surface area (Å²) in [5.41, 5.74) is 0.507. The number of nitrogens with zero attached hydrogens (tertiary/aromatic N) is 1. The van der Waals surface area contributed by atoms with Crippen LogP contribution < -0.4 is 0 Å². The lowest BCUT2D eigenvalue weighted by Gasteiger charge is -2.25. The minimum absolute atomic E-state index is 0.0332. The number of carbonyl (C=O) groups is 2. The first-order valence-corrected chi connectivity index (χ1v) is 13.3. The third-order valence-electron chi connectivity index (χ3n) is 6.19. The molecule has 0 aromatic heterocycles. The van der Waals surface area contributed by atoms with Crippen molar-refractivity contribution in [3.05, 3.63) is 35.9 Å². The van der Waals surface area contributed by atoms with Gasteiger partial charge in [-0.15, -0.1) is 0 Å². The van der Waals surface area contributed by atoms with Crippen molar-refractivity contribution in [2.45, 2.75) is 78.2 Å². The first kappa shape index (κ1) is 28.7. The van der Waals surface area contributed by atoms with Crippen LogP contribution in [0.5, 0.6) is 0 Å². The van der Waals surface area contributed by atoms with Gasteiger partial charge in [-0.2, -0.15) is 0 Å². The Bertz CT molecular complexity index is 750. The van der Waals surface area contributed by atoms with Crippen LogP contribution in [0.15, 0.2) is 30.3 Å². The number of benzene rings is 1. The topological polar surface area (TPSA) is 83.5 Å². The molecule has 2 aliphatic rings. The van der Waals surface area contributed by atoms with Gasteiger partial charge in [-0.3, -0.25) is 4.79 Å². The third kappa shape index (κ3) is 7.99. The number of rotatable bonds is 10. The largest absolute Gasteiger partial charge is 0.456 e. The Morgan fingerprint density at radius 3 is 2.50 bits per heavy atom. The van der Waals surface area contributed by atoms with Crippen molar-refractivity contribution >= 4 is 20.5 Å². The molecule has 192 valence electrons. The van der Waals surface area contributed by atoms with E-state index in [2.05, 4.69) is 0 Å². The fraction of sp³-hybridized carbons (Fsp3) is 0.680. The molecule has 0 saturated carbocycles. The fourth-order valence-corrected chi connectivity index (χ4v) is 5.07. The van der Waals surface area contributed by atoms with Crippen LogP contribution in [0.25, 0.3) is 0 Å². The molecule has 0 bridgehead atoms. The lowest BCUT2D eigenvalue weighted by atomic mass is 9.99. The Morgan fingerprint density at radius 2 is 1.85 bits per heavy atom. The molecule has 2 fully saturated rings. The molecule has 0 N–H and O–H groups in total. The van der Waals surface area contributed by atoms with Gasteiger partial charge in [0.25, 0.3) is 0 Å². The zero-order valence-electron chi connectivity index (χ0n) is 21.3. The monoisotopic (exact) mass is 497 g/mol. The molecule has 1 amide bonds. The van der Waals surface area contributed by atoms with E-state index in [0.717, 1.165) is 25.8 Å². The van der Waals surface area contributed by atoms with Crippen molar-refractivity contribution in [3.8, 4) is 0 Å².